The van der Waals surface area contributed by atoms with E-state index in [1.54, 1.807) is 0 Å². The summed E-state index contributed by atoms with van der Waals surface area (Å²) in [5, 5.41) is 7.30. The van der Waals surface area contributed by atoms with Crippen LogP contribution in [0.25, 0.3) is 0 Å². The van der Waals surface area contributed by atoms with Crippen LogP contribution in [0.2, 0.25) is 5.02 Å². The molecule has 0 bridgehead atoms. The number of guanidine groups is 1. The molecule has 1 heterocycles. The molecule has 1 aromatic carbocycles. The molecule has 2 rings (SSSR count). The molecule has 0 aliphatic carbocycles. The second kappa shape index (κ2) is 9.99. The Kier molecular flexibility index (Phi) is 7.99. The highest BCUT2D eigenvalue weighted by Crippen LogP contribution is 2.10. The van der Waals surface area contributed by atoms with Gasteiger partial charge in [0.25, 0.3) is 0 Å². The maximum Gasteiger partial charge on any atom is 0.191 e. The molecule has 0 aromatic heterocycles. The summed E-state index contributed by atoms with van der Waals surface area (Å²) in [5.74, 6) is 1.30. The maximum atomic E-state index is 11.4. The third-order valence-electron chi connectivity index (χ3n) is 4.06. The Bertz CT molecular complexity index is 665. The van der Waals surface area contributed by atoms with Crippen LogP contribution in [0.3, 0.4) is 0 Å². The summed E-state index contributed by atoms with van der Waals surface area (Å²) in [5.41, 5.74) is 1.19. The Balaban J connectivity index is 1.74. The summed E-state index contributed by atoms with van der Waals surface area (Å²) in [4.78, 5) is 6.72. The van der Waals surface area contributed by atoms with Crippen LogP contribution in [0, 0.1) is 0 Å². The van der Waals surface area contributed by atoms with E-state index >= 15 is 0 Å². The number of aliphatic imine (C=N–C) groups is 1. The number of hydrogen-bond donors (Lipinski definition) is 2. The van der Waals surface area contributed by atoms with Crippen molar-refractivity contribution in [3.8, 4) is 0 Å². The molecule has 0 radical (unpaired) electrons. The standard InChI is InChI=1S/C17H27ClN4O2S/c1-2-19-17(20-7-6-15-4-3-5-16(18)14-15)21-8-9-22-10-12-25(23,24)13-11-22/h3-5,14H,2,6-13H2,1H3,(H2,19,20,21). The van der Waals surface area contributed by atoms with Crippen molar-refractivity contribution in [2.45, 2.75) is 13.3 Å². The average Bonchev–Trinajstić information content (AvgIpc) is 2.56. The Morgan fingerprint density at radius 1 is 1.28 bits per heavy atom. The Morgan fingerprint density at radius 2 is 2.04 bits per heavy atom. The lowest BCUT2D eigenvalue weighted by Gasteiger charge is -2.25. The van der Waals surface area contributed by atoms with Crippen molar-refractivity contribution in [2.75, 3.05) is 50.8 Å². The van der Waals surface area contributed by atoms with Gasteiger partial charge in [0.15, 0.2) is 15.8 Å². The Labute approximate surface area is 155 Å². The van der Waals surface area contributed by atoms with Gasteiger partial charge in [0.2, 0.25) is 0 Å². The van der Waals surface area contributed by atoms with E-state index in [2.05, 4.69) is 26.6 Å². The van der Waals surface area contributed by atoms with Gasteiger partial charge in [-0.15, -0.1) is 0 Å². The minimum atomic E-state index is -2.82. The van der Waals surface area contributed by atoms with Crippen LogP contribution in [0.5, 0.6) is 0 Å². The van der Waals surface area contributed by atoms with Crippen molar-refractivity contribution in [1.82, 2.24) is 15.5 Å². The van der Waals surface area contributed by atoms with Gasteiger partial charge in [0, 0.05) is 37.7 Å². The summed E-state index contributed by atoms with van der Waals surface area (Å²) < 4.78 is 22.9. The van der Waals surface area contributed by atoms with Crippen LogP contribution in [0.4, 0.5) is 0 Å². The lowest BCUT2D eigenvalue weighted by Crippen LogP contribution is -2.42. The van der Waals surface area contributed by atoms with Gasteiger partial charge in [-0.05, 0) is 31.0 Å². The van der Waals surface area contributed by atoms with Crippen molar-refractivity contribution in [3.63, 3.8) is 0 Å². The highest BCUT2D eigenvalue weighted by molar-refractivity contribution is 7.91. The second-order valence-corrected chi connectivity index (χ2v) is 8.80. The molecule has 1 aromatic rings. The molecule has 1 saturated heterocycles. The number of sulfone groups is 1. The molecule has 0 unspecified atom stereocenters. The normalized spacial score (nSPS) is 18.1. The summed E-state index contributed by atoms with van der Waals surface area (Å²) >= 11 is 6.00. The molecule has 1 aliphatic rings. The molecule has 0 spiro atoms. The zero-order valence-corrected chi connectivity index (χ0v) is 16.2. The molecule has 1 aliphatic heterocycles. The molecular weight excluding hydrogens is 360 g/mol. The topological polar surface area (TPSA) is 73.8 Å². The highest BCUT2D eigenvalue weighted by Gasteiger charge is 2.20. The van der Waals surface area contributed by atoms with Gasteiger partial charge in [-0.1, -0.05) is 23.7 Å². The van der Waals surface area contributed by atoms with Crippen LogP contribution in [0.15, 0.2) is 29.3 Å². The van der Waals surface area contributed by atoms with Crippen LogP contribution >= 0.6 is 11.6 Å². The number of hydrogen-bond acceptors (Lipinski definition) is 4. The van der Waals surface area contributed by atoms with Gasteiger partial charge in [0.1, 0.15) is 0 Å². The van der Waals surface area contributed by atoms with Crippen molar-refractivity contribution in [3.05, 3.63) is 34.9 Å². The Morgan fingerprint density at radius 3 is 2.72 bits per heavy atom. The fourth-order valence-corrected chi connectivity index (χ4v) is 4.13. The maximum absolute atomic E-state index is 11.4. The molecule has 25 heavy (non-hydrogen) atoms. The van der Waals surface area contributed by atoms with E-state index in [1.165, 1.54) is 5.56 Å². The first kappa shape index (κ1) is 20.0. The third-order valence-corrected chi connectivity index (χ3v) is 5.91. The number of nitrogens with zero attached hydrogens (tertiary/aromatic N) is 2. The van der Waals surface area contributed by atoms with Gasteiger partial charge in [-0.25, -0.2) is 8.42 Å². The summed E-state index contributed by atoms with van der Waals surface area (Å²) in [6.45, 7) is 6.24. The van der Waals surface area contributed by atoms with Gasteiger partial charge in [-0.2, -0.15) is 0 Å². The van der Waals surface area contributed by atoms with E-state index in [0.29, 0.717) is 19.6 Å². The summed E-state index contributed by atoms with van der Waals surface area (Å²) in [6, 6.07) is 7.85. The van der Waals surface area contributed by atoms with Crippen LogP contribution in [0.1, 0.15) is 12.5 Å². The van der Waals surface area contributed by atoms with Gasteiger partial charge < -0.3 is 10.6 Å². The molecule has 2 N–H and O–H groups in total. The first-order chi connectivity index (χ1) is 12.0. The van der Waals surface area contributed by atoms with Crippen LogP contribution in [-0.4, -0.2) is 70.1 Å². The van der Waals surface area contributed by atoms with E-state index in [9.17, 15) is 8.42 Å². The number of halogens is 1. The SMILES string of the molecule is CCNC(=NCCN1CCS(=O)(=O)CC1)NCCc1cccc(Cl)c1. The van der Waals surface area contributed by atoms with Gasteiger partial charge >= 0.3 is 0 Å². The molecular formula is C17H27ClN4O2S. The minimum absolute atomic E-state index is 0.259. The second-order valence-electron chi connectivity index (χ2n) is 6.06. The predicted molar refractivity (Wildman–Crippen MR) is 104 cm³/mol. The quantitative estimate of drug-likeness (QED) is 0.543. The molecule has 140 valence electrons. The zero-order valence-electron chi connectivity index (χ0n) is 14.7. The van der Waals surface area contributed by atoms with Crippen molar-refractivity contribution in [2.24, 2.45) is 4.99 Å². The summed E-state index contributed by atoms with van der Waals surface area (Å²) in [6.07, 6.45) is 0.870. The molecule has 0 atom stereocenters. The van der Waals surface area contributed by atoms with Crippen LogP contribution < -0.4 is 10.6 Å². The van der Waals surface area contributed by atoms with E-state index < -0.39 is 9.84 Å². The largest absolute Gasteiger partial charge is 0.357 e. The smallest absolute Gasteiger partial charge is 0.191 e. The fraction of sp³-hybridized carbons (Fsp3) is 0.588. The number of nitrogens with one attached hydrogen (secondary N) is 2. The van der Waals surface area contributed by atoms with Crippen molar-refractivity contribution >= 4 is 27.4 Å². The highest BCUT2D eigenvalue weighted by atomic mass is 35.5. The first-order valence-electron chi connectivity index (χ1n) is 8.68. The lowest BCUT2D eigenvalue weighted by molar-refractivity contribution is 0.304. The monoisotopic (exact) mass is 386 g/mol. The third kappa shape index (κ3) is 7.63. The van der Waals surface area contributed by atoms with E-state index in [4.69, 9.17) is 11.6 Å². The fourth-order valence-electron chi connectivity index (χ4n) is 2.64. The molecule has 6 nitrogen and oxygen atoms in total. The molecule has 0 saturated carbocycles. The average molecular weight is 387 g/mol. The molecule has 8 heteroatoms. The van der Waals surface area contributed by atoms with Crippen molar-refractivity contribution in [1.29, 1.82) is 0 Å². The summed E-state index contributed by atoms with van der Waals surface area (Å²) in [7, 11) is -2.82. The molecule has 1 fully saturated rings. The molecule has 0 amide bonds. The predicted octanol–water partition coefficient (Wildman–Crippen LogP) is 1.17. The number of benzene rings is 1. The minimum Gasteiger partial charge on any atom is -0.357 e. The Hall–Kier alpha value is -1.31. The number of rotatable bonds is 7. The zero-order chi connectivity index (χ0) is 18.1. The van der Waals surface area contributed by atoms with E-state index in [-0.39, 0.29) is 11.5 Å². The van der Waals surface area contributed by atoms with Crippen molar-refractivity contribution < 1.29 is 8.42 Å². The van der Waals surface area contributed by atoms with Crippen LogP contribution in [-0.2, 0) is 16.3 Å². The lowest BCUT2D eigenvalue weighted by atomic mass is 10.1. The van der Waals surface area contributed by atoms with Gasteiger partial charge in [-0.3, -0.25) is 9.89 Å². The van der Waals surface area contributed by atoms with E-state index in [0.717, 1.165) is 37.0 Å². The first-order valence-corrected chi connectivity index (χ1v) is 10.9. The van der Waals surface area contributed by atoms with E-state index in [1.807, 2.05) is 25.1 Å². The van der Waals surface area contributed by atoms with Gasteiger partial charge in [0.05, 0.1) is 18.1 Å².